The highest BCUT2D eigenvalue weighted by atomic mass is 19.4. The summed E-state index contributed by atoms with van der Waals surface area (Å²) in [7, 11) is 0. The van der Waals surface area contributed by atoms with Gasteiger partial charge in [-0.15, -0.1) is 0 Å². The second-order valence-electron chi connectivity index (χ2n) is 4.46. The van der Waals surface area contributed by atoms with Crippen molar-refractivity contribution in [3.63, 3.8) is 0 Å². The van der Waals surface area contributed by atoms with E-state index in [9.17, 15) is 22.4 Å². The van der Waals surface area contributed by atoms with E-state index in [1.807, 2.05) is 0 Å². The molecule has 1 amide bonds. The molecule has 1 aromatic heterocycles. The zero-order chi connectivity index (χ0) is 16.2. The number of alkyl halides is 3. The molecular formula is C13H12F4N4O. The van der Waals surface area contributed by atoms with Gasteiger partial charge in [0.05, 0.1) is 5.56 Å². The van der Waals surface area contributed by atoms with Crippen LogP contribution in [-0.2, 0) is 12.7 Å². The Hall–Kier alpha value is -2.45. The third-order valence-corrected chi connectivity index (χ3v) is 2.85. The summed E-state index contributed by atoms with van der Waals surface area (Å²) < 4.78 is 52.4. The van der Waals surface area contributed by atoms with Crippen molar-refractivity contribution in [1.82, 2.24) is 20.1 Å². The molecule has 1 heterocycles. The number of carbonyl (C=O) groups is 1. The number of carbonyl (C=O) groups excluding carboxylic acids is 1. The van der Waals surface area contributed by atoms with Gasteiger partial charge < -0.3 is 5.32 Å². The Morgan fingerprint density at radius 1 is 1.32 bits per heavy atom. The second kappa shape index (κ2) is 6.54. The first-order valence-corrected chi connectivity index (χ1v) is 6.35. The summed E-state index contributed by atoms with van der Waals surface area (Å²) >= 11 is 0. The molecule has 1 N–H and O–H groups in total. The van der Waals surface area contributed by atoms with Gasteiger partial charge in [-0.2, -0.15) is 18.3 Å². The SMILES string of the molecule is O=C(NCCCn1cncn1)c1ccc(F)c(C(F)(F)F)c1. The van der Waals surface area contributed by atoms with Gasteiger partial charge in [-0.05, 0) is 24.6 Å². The van der Waals surface area contributed by atoms with E-state index >= 15 is 0 Å². The van der Waals surface area contributed by atoms with Gasteiger partial charge in [-0.1, -0.05) is 0 Å². The molecule has 1 aromatic carbocycles. The number of hydrogen-bond acceptors (Lipinski definition) is 3. The highest BCUT2D eigenvalue weighted by molar-refractivity contribution is 5.94. The Kier molecular flexibility index (Phi) is 4.74. The Morgan fingerprint density at radius 2 is 2.09 bits per heavy atom. The van der Waals surface area contributed by atoms with Crippen LogP contribution in [0.15, 0.2) is 30.9 Å². The van der Waals surface area contributed by atoms with E-state index in [0.29, 0.717) is 25.1 Å². The fourth-order valence-electron chi connectivity index (χ4n) is 1.78. The van der Waals surface area contributed by atoms with E-state index in [1.165, 1.54) is 12.7 Å². The van der Waals surface area contributed by atoms with Crippen molar-refractivity contribution in [3.05, 3.63) is 47.8 Å². The number of benzene rings is 1. The monoisotopic (exact) mass is 316 g/mol. The smallest absolute Gasteiger partial charge is 0.352 e. The third kappa shape index (κ3) is 4.03. The Labute approximate surface area is 123 Å². The van der Waals surface area contributed by atoms with Gasteiger partial charge in [0.1, 0.15) is 18.5 Å². The molecule has 0 saturated carbocycles. The van der Waals surface area contributed by atoms with Crippen LogP contribution in [0.2, 0.25) is 0 Å². The van der Waals surface area contributed by atoms with Crippen LogP contribution in [0.25, 0.3) is 0 Å². The van der Waals surface area contributed by atoms with Gasteiger partial charge in [-0.3, -0.25) is 9.48 Å². The molecule has 0 radical (unpaired) electrons. The number of hydrogen-bond donors (Lipinski definition) is 1. The van der Waals surface area contributed by atoms with E-state index in [4.69, 9.17) is 0 Å². The topological polar surface area (TPSA) is 59.8 Å². The van der Waals surface area contributed by atoms with Crippen LogP contribution in [0.4, 0.5) is 17.6 Å². The van der Waals surface area contributed by atoms with Crippen molar-refractivity contribution in [3.8, 4) is 0 Å². The molecule has 0 saturated heterocycles. The minimum Gasteiger partial charge on any atom is -0.352 e. The summed E-state index contributed by atoms with van der Waals surface area (Å²) in [5.74, 6) is -2.10. The minimum atomic E-state index is -4.84. The van der Waals surface area contributed by atoms with Crippen molar-refractivity contribution in [1.29, 1.82) is 0 Å². The normalized spacial score (nSPS) is 11.5. The standard InChI is InChI=1S/C13H12F4N4O/c14-11-3-2-9(6-10(11)13(15,16)17)12(22)19-4-1-5-21-8-18-7-20-21/h2-3,6-8H,1,4-5H2,(H,19,22). The first-order chi connectivity index (χ1) is 10.4. The summed E-state index contributed by atoms with van der Waals surface area (Å²) in [6.07, 6.45) is -1.43. The fourth-order valence-corrected chi connectivity index (χ4v) is 1.78. The molecule has 9 heteroatoms. The van der Waals surface area contributed by atoms with Crippen LogP contribution in [0, 0.1) is 5.82 Å². The molecule has 0 atom stereocenters. The number of aromatic nitrogens is 3. The fraction of sp³-hybridized carbons (Fsp3) is 0.308. The summed E-state index contributed by atoms with van der Waals surface area (Å²) in [6, 6.07) is 2.15. The van der Waals surface area contributed by atoms with Gasteiger partial charge in [0.15, 0.2) is 0 Å². The minimum absolute atomic E-state index is 0.241. The summed E-state index contributed by atoms with van der Waals surface area (Å²) in [5.41, 5.74) is -1.70. The number of rotatable bonds is 5. The molecule has 2 aromatic rings. The van der Waals surface area contributed by atoms with E-state index in [1.54, 1.807) is 4.68 Å². The molecular weight excluding hydrogens is 304 g/mol. The molecule has 5 nitrogen and oxygen atoms in total. The van der Waals surface area contributed by atoms with Gasteiger partial charge >= 0.3 is 6.18 Å². The van der Waals surface area contributed by atoms with Gasteiger partial charge in [0.2, 0.25) is 0 Å². The van der Waals surface area contributed by atoms with Crippen molar-refractivity contribution in [2.45, 2.75) is 19.1 Å². The maximum atomic E-state index is 13.1. The van der Waals surface area contributed by atoms with E-state index in [-0.39, 0.29) is 12.1 Å². The van der Waals surface area contributed by atoms with Crippen molar-refractivity contribution >= 4 is 5.91 Å². The number of amides is 1. The van der Waals surface area contributed by atoms with Crippen molar-refractivity contribution in [2.24, 2.45) is 0 Å². The molecule has 0 unspecified atom stereocenters. The Bertz CT molecular complexity index is 640. The largest absolute Gasteiger partial charge is 0.419 e. The lowest BCUT2D eigenvalue weighted by molar-refractivity contribution is -0.140. The number of nitrogens with zero attached hydrogens (tertiary/aromatic N) is 3. The molecule has 118 valence electrons. The molecule has 0 aliphatic rings. The predicted molar refractivity (Wildman–Crippen MR) is 68.4 cm³/mol. The average Bonchev–Trinajstić information content (AvgIpc) is 2.95. The third-order valence-electron chi connectivity index (χ3n) is 2.85. The van der Waals surface area contributed by atoms with Crippen LogP contribution in [0.5, 0.6) is 0 Å². The average molecular weight is 316 g/mol. The summed E-state index contributed by atoms with van der Waals surface area (Å²) in [4.78, 5) is 15.5. The lowest BCUT2D eigenvalue weighted by Gasteiger charge is -2.10. The van der Waals surface area contributed by atoms with Gasteiger partial charge in [0, 0.05) is 18.7 Å². The molecule has 0 fully saturated rings. The van der Waals surface area contributed by atoms with Gasteiger partial charge in [-0.25, -0.2) is 9.37 Å². The van der Waals surface area contributed by atoms with Crippen molar-refractivity contribution in [2.75, 3.05) is 6.54 Å². The predicted octanol–water partition coefficient (Wildman–Crippen LogP) is 2.26. The Balaban J connectivity index is 1.92. The Morgan fingerprint density at radius 3 is 2.73 bits per heavy atom. The lowest BCUT2D eigenvalue weighted by atomic mass is 10.1. The van der Waals surface area contributed by atoms with Crippen LogP contribution < -0.4 is 5.32 Å². The first kappa shape index (κ1) is 15.9. The van der Waals surface area contributed by atoms with E-state index in [0.717, 1.165) is 6.07 Å². The number of aryl methyl sites for hydroxylation is 1. The molecule has 22 heavy (non-hydrogen) atoms. The zero-order valence-electron chi connectivity index (χ0n) is 11.3. The van der Waals surface area contributed by atoms with Crippen LogP contribution in [0.3, 0.4) is 0 Å². The maximum absolute atomic E-state index is 13.1. The summed E-state index contributed by atoms with van der Waals surface area (Å²) in [6.45, 7) is 0.759. The van der Waals surface area contributed by atoms with Crippen molar-refractivity contribution < 1.29 is 22.4 Å². The molecule has 0 aliphatic heterocycles. The van der Waals surface area contributed by atoms with E-state index in [2.05, 4.69) is 15.4 Å². The van der Waals surface area contributed by atoms with Gasteiger partial charge in [0.25, 0.3) is 5.91 Å². The lowest BCUT2D eigenvalue weighted by Crippen LogP contribution is -2.26. The molecule has 0 spiro atoms. The van der Waals surface area contributed by atoms with Crippen LogP contribution in [0.1, 0.15) is 22.3 Å². The van der Waals surface area contributed by atoms with E-state index < -0.39 is 23.5 Å². The first-order valence-electron chi connectivity index (χ1n) is 6.35. The van der Waals surface area contributed by atoms with Crippen LogP contribution >= 0.6 is 0 Å². The zero-order valence-corrected chi connectivity index (χ0v) is 11.3. The van der Waals surface area contributed by atoms with Crippen LogP contribution in [-0.4, -0.2) is 27.2 Å². The molecule has 0 bridgehead atoms. The maximum Gasteiger partial charge on any atom is 0.419 e. The number of nitrogens with one attached hydrogen (secondary N) is 1. The highest BCUT2D eigenvalue weighted by Crippen LogP contribution is 2.31. The quantitative estimate of drug-likeness (QED) is 0.680. The highest BCUT2D eigenvalue weighted by Gasteiger charge is 2.34. The molecule has 0 aliphatic carbocycles. The summed E-state index contributed by atoms with van der Waals surface area (Å²) in [5, 5.41) is 6.33. The second-order valence-corrected chi connectivity index (χ2v) is 4.46. The molecule has 2 rings (SSSR count). The number of halogens is 4.